The number of aliphatic hydroxyl groups excluding tert-OH is 13. The van der Waals surface area contributed by atoms with Gasteiger partial charge < -0.3 is 125 Å². The number of carbonyl (C=O) groups excluding carboxylic acids is 6. The van der Waals surface area contributed by atoms with Crippen LogP contribution in [0.3, 0.4) is 0 Å². The maximum Gasteiger partial charge on any atom is 0.352 e. The van der Waals surface area contributed by atoms with Crippen LogP contribution in [-0.4, -0.2) is 307 Å². The van der Waals surface area contributed by atoms with E-state index in [4.69, 9.17) is 42.7 Å². The molecule has 0 aromatic carbocycles. The van der Waals surface area contributed by atoms with Crippen molar-refractivity contribution in [3.05, 3.63) is 0 Å². The number of aliphatic hydroxyl groups is 13. The molecule has 5 heterocycles. The van der Waals surface area contributed by atoms with Crippen LogP contribution in [0.25, 0.3) is 0 Å². The minimum atomic E-state index is -2.01. The zero-order chi connectivity index (χ0) is 53.8. The zero-order valence-corrected chi connectivity index (χ0v) is 39.1. The van der Waals surface area contributed by atoms with Gasteiger partial charge in [0.15, 0.2) is 25.2 Å². The van der Waals surface area contributed by atoms with Crippen LogP contribution in [0.5, 0.6) is 0 Å². The number of hydroxylamine groups is 2. The topological polar surface area (TPSA) is 491 Å². The van der Waals surface area contributed by atoms with Crippen molar-refractivity contribution < 1.29 is 138 Å². The van der Waals surface area contributed by atoms with Gasteiger partial charge in [0.25, 0.3) is 11.8 Å². The Hall–Kier alpha value is -3.86. The molecule has 5 saturated heterocycles. The Morgan fingerprint density at radius 3 is 1.51 bits per heavy atom. The Morgan fingerprint density at radius 1 is 0.548 bits per heavy atom. The molecule has 0 bridgehead atoms. The van der Waals surface area contributed by atoms with E-state index in [1.165, 1.54) is 6.92 Å². The Kier molecular flexibility index (Phi) is 22.8. The number of nitrogens with zero attached hydrogens (tertiary/aromatic N) is 2. The average molecular weight is 1060 g/mol. The summed E-state index contributed by atoms with van der Waals surface area (Å²) in [6.45, 7) is -5.25. The summed E-state index contributed by atoms with van der Waals surface area (Å²) >= 11 is 0. The Labute approximate surface area is 413 Å². The fraction of sp³-hybridized carbons (Fsp3) is 0.850. The van der Waals surface area contributed by atoms with E-state index in [2.05, 4.69) is 16.0 Å². The Morgan fingerprint density at radius 2 is 0.986 bits per heavy atom. The second kappa shape index (κ2) is 27.8. The SMILES string of the molecule is C[C@@H]1O[C@@H](OCCNC(=O)CN(CC(=O)NCCO[C@H]2O[C@H](CO[C@H]3O[C@H](CO)[C@@H](O)[C@H](O)[C@@H]3O)[C@@H](O)[C@H](O[C@H]3O[C@H](CO)[C@@H](O)[C@H](O)[C@@H]3O)[C@@H]2O)CC(=O)NCC(=O)ON2C(=O)CCC2=O)[C@@H](O)[C@H](O)[C@@H]1O. The van der Waals surface area contributed by atoms with Gasteiger partial charge in [-0.3, -0.25) is 28.9 Å². The first-order valence-electron chi connectivity index (χ1n) is 23.0. The normalized spacial score (nSPS) is 38.0. The summed E-state index contributed by atoms with van der Waals surface area (Å²) in [4.78, 5) is 80.7. The first-order chi connectivity index (χ1) is 34.6. The van der Waals surface area contributed by atoms with Gasteiger partial charge in [-0.1, -0.05) is 0 Å². The molecule has 0 radical (unpaired) electrons. The molecule has 5 amide bonds. The molecule has 5 aliphatic rings. The van der Waals surface area contributed by atoms with Crippen LogP contribution in [0, 0.1) is 0 Å². The van der Waals surface area contributed by atoms with E-state index in [0.29, 0.717) is 0 Å². The number of rotatable bonds is 24. The first kappa shape index (κ1) is 60.0. The third kappa shape index (κ3) is 15.8. The van der Waals surface area contributed by atoms with Crippen molar-refractivity contribution in [1.29, 1.82) is 0 Å². The second-order valence-corrected chi connectivity index (χ2v) is 17.4. The molecule has 0 aromatic rings. The molecule has 0 aromatic heterocycles. The number of ether oxygens (including phenoxy) is 8. The summed E-state index contributed by atoms with van der Waals surface area (Å²) in [6, 6.07) is 0. The Balaban J connectivity index is 1.19. The lowest BCUT2D eigenvalue weighted by atomic mass is 9.96. The molecule has 0 spiro atoms. The highest BCUT2D eigenvalue weighted by atomic mass is 16.8. The number of carbonyl (C=O) groups is 6. The molecule has 0 unspecified atom stereocenters. The molecule has 5 rings (SSSR count). The van der Waals surface area contributed by atoms with Crippen LogP contribution in [0.2, 0.25) is 0 Å². The highest BCUT2D eigenvalue weighted by molar-refractivity contribution is 6.01. The number of hydrogen-bond acceptors (Lipinski definition) is 29. The van der Waals surface area contributed by atoms with Crippen LogP contribution in [0.4, 0.5) is 0 Å². The third-order valence-corrected chi connectivity index (χ3v) is 12.0. The van der Waals surface area contributed by atoms with Crippen molar-refractivity contribution in [2.45, 2.75) is 143 Å². The summed E-state index contributed by atoms with van der Waals surface area (Å²) in [5, 5.41) is 141. The summed E-state index contributed by atoms with van der Waals surface area (Å²) in [7, 11) is 0. The van der Waals surface area contributed by atoms with E-state index >= 15 is 0 Å². The fourth-order valence-corrected chi connectivity index (χ4v) is 7.86. The molecule has 418 valence electrons. The van der Waals surface area contributed by atoms with E-state index in [1.54, 1.807) is 0 Å². The van der Waals surface area contributed by atoms with Crippen molar-refractivity contribution in [2.75, 3.05) is 72.3 Å². The van der Waals surface area contributed by atoms with Gasteiger partial charge in [-0.25, -0.2) is 4.79 Å². The average Bonchev–Trinajstić information content (AvgIpc) is 3.67. The van der Waals surface area contributed by atoms with Crippen molar-refractivity contribution >= 4 is 35.5 Å². The highest BCUT2D eigenvalue weighted by Gasteiger charge is 2.52. The van der Waals surface area contributed by atoms with Gasteiger partial charge in [0, 0.05) is 25.9 Å². The number of hydrogen-bond donors (Lipinski definition) is 16. The van der Waals surface area contributed by atoms with Gasteiger partial charge in [-0.15, -0.1) is 5.06 Å². The van der Waals surface area contributed by atoms with E-state index < -0.39 is 211 Å². The lowest BCUT2D eigenvalue weighted by molar-refractivity contribution is -0.366. The van der Waals surface area contributed by atoms with Crippen molar-refractivity contribution in [2.24, 2.45) is 0 Å². The van der Waals surface area contributed by atoms with Gasteiger partial charge in [-0.05, 0) is 6.92 Å². The first-order valence-corrected chi connectivity index (χ1v) is 23.0. The fourth-order valence-electron chi connectivity index (χ4n) is 7.86. The minimum Gasteiger partial charge on any atom is -0.394 e. The zero-order valence-electron chi connectivity index (χ0n) is 39.1. The smallest absolute Gasteiger partial charge is 0.352 e. The standard InChI is InChI=1S/C40H65N5O28/c1-15-25(54)29(58)32(61)37(68-15)65-6-4-41-19(48)9-44(11-21(50)43-8-24(53)73-45-22(51)2-3-23(45)52)10-20(49)42-5-7-66-39-35(64)36(72-40-34(63)31(60)27(56)17(13-47)70-40)28(57)18(71-39)14-67-38-33(62)30(59)26(55)16(12-46)69-38/h15-18,25-40,46-47,54-64H,2-14H2,1H3,(H,41,48)(H,42,49)(H,43,50)/t15-,16+,17+,18+,25+,26+,27+,28+,29+,30-,31-,32-,33-,34-,35-,36-,37+,38-,39-,40+/m0/s1. The predicted molar refractivity (Wildman–Crippen MR) is 226 cm³/mol. The van der Waals surface area contributed by atoms with Crippen LogP contribution < -0.4 is 16.0 Å². The highest BCUT2D eigenvalue weighted by Crippen LogP contribution is 2.31. The van der Waals surface area contributed by atoms with Crippen molar-refractivity contribution in [3.8, 4) is 0 Å². The molecule has 20 atom stereocenters. The molecule has 33 nitrogen and oxygen atoms in total. The van der Waals surface area contributed by atoms with Crippen molar-refractivity contribution in [1.82, 2.24) is 25.9 Å². The molecule has 5 fully saturated rings. The van der Waals surface area contributed by atoms with Gasteiger partial charge in [0.2, 0.25) is 17.7 Å². The predicted octanol–water partition coefficient (Wildman–Crippen LogP) is -12.4. The largest absolute Gasteiger partial charge is 0.394 e. The van der Waals surface area contributed by atoms with Crippen molar-refractivity contribution in [3.63, 3.8) is 0 Å². The minimum absolute atomic E-state index is 0.184. The maximum atomic E-state index is 13.2. The van der Waals surface area contributed by atoms with Crippen LogP contribution in [-0.2, 0) is 71.5 Å². The van der Waals surface area contributed by atoms with Gasteiger partial charge in [0.05, 0.1) is 58.8 Å². The molecular formula is C40H65N5O28. The second-order valence-electron chi connectivity index (χ2n) is 17.4. The van der Waals surface area contributed by atoms with Crippen LogP contribution in [0.15, 0.2) is 0 Å². The van der Waals surface area contributed by atoms with E-state index in [-0.39, 0.29) is 37.6 Å². The number of imide groups is 1. The van der Waals surface area contributed by atoms with Gasteiger partial charge >= 0.3 is 5.97 Å². The molecule has 0 aliphatic carbocycles. The monoisotopic (exact) mass is 1060 g/mol. The molecule has 0 saturated carbocycles. The van der Waals surface area contributed by atoms with E-state index in [9.17, 15) is 95.2 Å². The summed E-state index contributed by atoms with van der Waals surface area (Å²) in [5.41, 5.74) is 0. The molecule has 73 heavy (non-hydrogen) atoms. The van der Waals surface area contributed by atoms with Gasteiger partial charge in [-0.2, -0.15) is 0 Å². The summed E-state index contributed by atoms with van der Waals surface area (Å²) < 4.78 is 44.0. The molecule has 33 heteroatoms. The number of nitrogens with one attached hydrogen (secondary N) is 3. The van der Waals surface area contributed by atoms with Crippen LogP contribution >= 0.6 is 0 Å². The molecule has 5 aliphatic heterocycles. The molecule has 16 N–H and O–H groups in total. The summed E-state index contributed by atoms with van der Waals surface area (Å²) in [6.07, 6.45) is -34.2. The number of amides is 5. The van der Waals surface area contributed by atoms with Gasteiger partial charge in [0.1, 0.15) is 98.1 Å². The summed E-state index contributed by atoms with van der Waals surface area (Å²) in [5.74, 6) is -5.28. The van der Waals surface area contributed by atoms with E-state index in [0.717, 1.165) is 4.90 Å². The molecular weight excluding hydrogens is 998 g/mol. The third-order valence-electron chi connectivity index (χ3n) is 12.0. The van der Waals surface area contributed by atoms with E-state index in [1.807, 2.05) is 0 Å². The van der Waals surface area contributed by atoms with Crippen LogP contribution in [0.1, 0.15) is 19.8 Å². The Bertz CT molecular complexity index is 1820. The lowest BCUT2D eigenvalue weighted by Gasteiger charge is -2.46. The lowest BCUT2D eigenvalue weighted by Crippen LogP contribution is -2.65. The maximum absolute atomic E-state index is 13.2. The quantitative estimate of drug-likeness (QED) is 0.0315.